The van der Waals surface area contributed by atoms with E-state index in [0.29, 0.717) is 17.8 Å². The van der Waals surface area contributed by atoms with Gasteiger partial charge in [0.2, 0.25) is 0 Å². The molecule has 1 aliphatic heterocycles. The van der Waals surface area contributed by atoms with Crippen LogP contribution in [0.2, 0.25) is 0 Å². The minimum atomic E-state index is -0.0860. The van der Waals surface area contributed by atoms with Crippen LogP contribution in [0.5, 0.6) is 0 Å². The summed E-state index contributed by atoms with van der Waals surface area (Å²) in [4.78, 5) is 24.5. The van der Waals surface area contributed by atoms with E-state index in [1.807, 2.05) is 46.3 Å². The average Bonchev–Trinajstić information content (AvgIpc) is 3.49. The van der Waals surface area contributed by atoms with E-state index in [4.69, 9.17) is 5.10 Å². The number of aromatic amines is 1. The Morgan fingerprint density at radius 3 is 2.72 bits per heavy atom. The Kier molecular flexibility index (Phi) is 4.66. The number of rotatable bonds is 4. The molecule has 9 nitrogen and oxygen atoms in total. The molecule has 0 atom stereocenters. The second-order valence-corrected chi connectivity index (χ2v) is 8.57. The number of anilines is 1. The van der Waals surface area contributed by atoms with E-state index in [1.54, 1.807) is 17.4 Å². The molecule has 1 saturated heterocycles. The van der Waals surface area contributed by atoms with Gasteiger partial charge in [0.25, 0.3) is 5.56 Å². The standard InChI is InChI=1S/C22H20N8OS/c31-22-16-3-1-2-4-17(16)23-18(24-22)13-28-8-10-29(11-9-28)20-6-5-19-25-26-21(30(19)27-20)15-7-12-32-14-15/h1-7,12,14H,8-11,13H2,(H,23,24,31). The maximum Gasteiger partial charge on any atom is 0.258 e. The van der Waals surface area contributed by atoms with Crippen LogP contribution in [0.15, 0.2) is 58.0 Å². The number of nitrogens with one attached hydrogen (secondary N) is 1. The number of hydrogen-bond acceptors (Lipinski definition) is 8. The van der Waals surface area contributed by atoms with Crippen molar-refractivity contribution in [3.05, 3.63) is 69.4 Å². The van der Waals surface area contributed by atoms with Crippen LogP contribution in [0.4, 0.5) is 5.82 Å². The lowest BCUT2D eigenvalue weighted by atomic mass is 10.2. The normalized spacial score (nSPS) is 15.1. The van der Waals surface area contributed by atoms with Crippen LogP contribution >= 0.6 is 11.3 Å². The number of H-pyrrole nitrogens is 1. The highest BCUT2D eigenvalue weighted by Gasteiger charge is 2.20. The molecule has 1 aliphatic rings. The van der Waals surface area contributed by atoms with Gasteiger partial charge in [-0.3, -0.25) is 9.69 Å². The van der Waals surface area contributed by atoms with E-state index < -0.39 is 0 Å². The van der Waals surface area contributed by atoms with Crippen LogP contribution in [-0.4, -0.2) is 60.9 Å². The fourth-order valence-electron chi connectivity index (χ4n) is 4.08. The average molecular weight is 445 g/mol. The van der Waals surface area contributed by atoms with E-state index in [9.17, 15) is 4.79 Å². The summed E-state index contributed by atoms with van der Waals surface area (Å²) in [7, 11) is 0. The third-order valence-corrected chi connectivity index (χ3v) is 6.44. The highest BCUT2D eigenvalue weighted by atomic mass is 32.1. The summed E-state index contributed by atoms with van der Waals surface area (Å²) in [6.07, 6.45) is 0. The molecule has 160 valence electrons. The Hall–Kier alpha value is -3.63. The van der Waals surface area contributed by atoms with Gasteiger partial charge in [-0.1, -0.05) is 12.1 Å². The number of nitrogens with zero attached hydrogens (tertiary/aromatic N) is 7. The molecule has 1 fully saturated rings. The molecule has 0 radical (unpaired) electrons. The lowest BCUT2D eigenvalue weighted by Crippen LogP contribution is -2.46. The van der Waals surface area contributed by atoms with Crippen LogP contribution < -0.4 is 10.5 Å². The number of aromatic nitrogens is 6. The van der Waals surface area contributed by atoms with Gasteiger partial charge in [0.1, 0.15) is 11.6 Å². The van der Waals surface area contributed by atoms with E-state index >= 15 is 0 Å². The zero-order valence-electron chi connectivity index (χ0n) is 17.2. The van der Waals surface area contributed by atoms with Crippen LogP contribution in [-0.2, 0) is 6.54 Å². The van der Waals surface area contributed by atoms with Crippen LogP contribution in [0.25, 0.3) is 27.9 Å². The summed E-state index contributed by atoms with van der Waals surface area (Å²) in [6.45, 7) is 4.01. The summed E-state index contributed by atoms with van der Waals surface area (Å²) in [5.41, 5.74) is 2.41. The van der Waals surface area contributed by atoms with Gasteiger partial charge >= 0.3 is 0 Å². The van der Waals surface area contributed by atoms with Crippen LogP contribution in [0, 0.1) is 0 Å². The number of para-hydroxylation sites is 1. The Morgan fingerprint density at radius 2 is 1.88 bits per heavy atom. The van der Waals surface area contributed by atoms with E-state index in [1.165, 1.54) is 0 Å². The lowest BCUT2D eigenvalue weighted by molar-refractivity contribution is 0.243. The third-order valence-electron chi connectivity index (χ3n) is 5.76. The SMILES string of the molecule is O=c1[nH]c(CN2CCN(c3ccc4nnc(-c5ccsc5)n4n3)CC2)nc2ccccc12. The van der Waals surface area contributed by atoms with Gasteiger partial charge in [-0.15, -0.1) is 15.3 Å². The predicted octanol–water partition coefficient (Wildman–Crippen LogP) is 2.41. The minimum Gasteiger partial charge on any atom is -0.353 e. The fraction of sp³-hybridized carbons (Fsp3) is 0.227. The van der Waals surface area contributed by atoms with Crippen LogP contribution in [0.1, 0.15) is 5.82 Å². The molecule has 4 aromatic heterocycles. The predicted molar refractivity (Wildman–Crippen MR) is 124 cm³/mol. The quantitative estimate of drug-likeness (QED) is 0.455. The number of piperazine rings is 1. The van der Waals surface area contributed by atoms with Crippen molar-refractivity contribution in [1.29, 1.82) is 0 Å². The topological polar surface area (TPSA) is 95.3 Å². The summed E-state index contributed by atoms with van der Waals surface area (Å²) in [5.74, 6) is 2.37. The second-order valence-electron chi connectivity index (χ2n) is 7.79. The maximum atomic E-state index is 12.3. The van der Waals surface area contributed by atoms with Crippen LogP contribution in [0.3, 0.4) is 0 Å². The van der Waals surface area contributed by atoms with E-state index in [2.05, 4.69) is 35.3 Å². The summed E-state index contributed by atoms with van der Waals surface area (Å²) in [5, 5.41) is 18.1. The molecule has 5 aromatic rings. The molecule has 5 heterocycles. The number of hydrogen-bond donors (Lipinski definition) is 1. The molecular formula is C22H20N8OS. The van der Waals surface area contributed by atoms with Gasteiger partial charge in [-0.25, -0.2) is 4.98 Å². The first-order valence-corrected chi connectivity index (χ1v) is 11.4. The molecule has 1 N–H and O–H groups in total. The number of fused-ring (bicyclic) bond motifs is 2. The summed E-state index contributed by atoms with van der Waals surface area (Å²) >= 11 is 1.63. The molecular weight excluding hydrogens is 424 g/mol. The molecule has 0 spiro atoms. The van der Waals surface area contributed by atoms with Crippen molar-refractivity contribution in [3.63, 3.8) is 0 Å². The molecule has 6 rings (SSSR count). The number of thiophene rings is 1. The van der Waals surface area contributed by atoms with Crippen molar-refractivity contribution in [1.82, 2.24) is 34.7 Å². The monoisotopic (exact) mass is 444 g/mol. The molecule has 0 amide bonds. The highest BCUT2D eigenvalue weighted by Crippen LogP contribution is 2.22. The first-order valence-electron chi connectivity index (χ1n) is 10.4. The summed E-state index contributed by atoms with van der Waals surface area (Å²) in [6, 6.07) is 13.4. The minimum absolute atomic E-state index is 0.0860. The molecule has 0 saturated carbocycles. The van der Waals surface area contributed by atoms with Crippen molar-refractivity contribution in [3.8, 4) is 11.4 Å². The number of benzene rings is 1. The van der Waals surface area contributed by atoms with Gasteiger partial charge in [0.05, 0.1) is 17.4 Å². The van der Waals surface area contributed by atoms with Gasteiger partial charge in [0, 0.05) is 37.1 Å². The Bertz CT molecular complexity index is 1450. The smallest absolute Gasteiger partial charge is 0.258 e. The van der Waals surface area contributed by atoms with Crippen molar-refractivity contribution >= 4 is 33.7 Å². The van der Waals surface area contributed by atoms with Crippen molar-refractivity contribution in [2.45, 2.75) is 6.54 Å². The Balaban J connectivity index is 1.18. The fourth-order valence-corrected chi connectivity index (χ4v) is 4.71. The lowest BCUT2D eigenvalue weighted by Gasteiger charge is -2.35. The van der Waals surface area contributed by atoms with Gasteiger partial charge in [-0.2, -0.15) is 15.9 Å². The largest absolute Gasteiger partial charge is 0.353 e. The third kappa shape index (κ3) is 3.43. The molecule has 10 heteroatoms. The first kappa shape index (κ1) is 19.1. The van der Waals surface area contributed by atoms with E-state index in [-0.39, 0.29) is 5.56 Å². The zero-order chi connectivity index (χ0) is 21.5. The van der Waals surface area contributed by atoms with Crippen molar-refractivity contribution in [2.75, 3.05) is 31.1 Å². The van der Waals surface area contributed by atoms with Crippen molar-refractivity contribution < 1.29 is 0 Å². The van der Waals surface area contributed by atoms with Crippen molar-refractivity contribution in [2.24, 2.45) is 0 Å². The van der Waals surface area contributed by atoms with E-state index in [0.717, 1.165) is 54.5 Å². The first-order chi connectivity index (χ1) is 15.7. The molecule has 32 heavy (non-hydrogen) atoms. The Morgan fingerprint density at radius 1 is 1.00 bits per heavy atom. The van der Waals surface area contributed by atoms with Gasteiger partial charge < -0.3 is 9.88 Å². The Labute approximate surface area is 187 Å². The molecule has 1 aromatic carbocycles. The zero-order valence-corrected chi connectivity index (χ0v) is 18.0. The van der Waals surface area contributed by atoms with Gasteiger partial charge in [0.15, 0.2) is 11.5 Å². The second kappa shape index (κ2) is 7.81. The molecule has 0 bridgehead atoms. The molecule has 0 aliphatic carbocycles. The van der Waals surface area contributed by atoms with Gasteiger partial charge in [-0.05, 0) is 35.7 Å². The molecule has 0 unspecified atom stereocenters. The summed E-state index contributed by atoms with van der Waals surface area (Å²) < 4.78 is 1.81. The maximum absolute atomic E-state index is 12.3. The highest BCUT2D eigenvalue weighted by molar-refractivity contribution is 7.08.